The lowest BCUT2D eigenvalue weighted by atomic mass is 10.1. The molecule has 0 aliphatic heterocycles. The molecule has 3 rings (SSSR count). The Hall–Kier alpha value is -3.02. The van der Waals surface area contributed by atoms with Crippen molar-refractivity contribution >= 4 is 5.91 Å². The zero-order valence-electron chi connectivity index (χ0n) is 12.0. The van der Waals surface area contributed by atoms with Gasteiger partial charge in [0.2, 0.25) is 11.7 Å². The predicted octanol–water partition coefficient (Wildman–Crippen LogP) is 2.37. The third kappa shape index (κ3) is 3.17. The van der Waals surface area contributed by atoms with Crippen LogP contribution in [0, 0.1) is 6.92 Å². The quantitative estimate of drug-likeness (QED) is 0.799. The SMILES string of the molecule is Cc1nc(-c2cccc(C(=O)NCc3cccnc3)c2)no1. The van der Waals surface area contributed by atoms with Crippen LogP contribution in [0.5, 0.6) is 0 Å². The first-order valence-electron chi connectivity index (χ1n) is 6.80. The molecule has 0 aliphatic carbocycles. The molecule has 0 aliphatic rings. The van der Waals surface area contributed by atoms with Crippen molar-refractivity contribution in [2.45, 2.75) is 13.5 Å². The molecule has 0 fully saturated rings. The van der Waals surface area contributed by atoms with Crippen LogP contribution in [-0.4, -0.2) is 21.0 Å². The molecule has 3 aromatic rings. The standard InChI is InChI=1S/C16H14N4O2/c1-11-19-15(20-22-11)13-5-2-6-14(8-13)16(21)18-10-12-4-3-7-17-9-12/h2-9H,10H2,1H3,(H,18,21). The molecule has 1 N–H and O–H groups in total. The summed E-state index contributed by atoms with van der Waals surface area (Å²) >= 11 is 0. The highest BCUT2D eigenvalue weighted by Crippen LogP contribution is 2.17. The molecule has 22 heavy (non-hydrogen) atoms. The van der Waals surface area contributed by atoms with E-state index in [-0.39, 0.29) is 5.91 Å². The summed E-state index contributed by atoms with van der Waals surface area (Å²) in [6.07, 6.45) is 3.42. The topological polar surface area (TPSA) is 80.9 Å². The number of carbonyl (C=O) groups excluding carboxylic acids is 1. The highest BCUT2D eigenvalue weighted by atomic mass is 16.5. The maximum atomic E-state index is 12.2. The van der Waals surface area contributed by atoms with Gasteiger partial charge in [0.05, 0.1) is 0 Å². The van der Waals surface area contributed by atoms with Crippen LogP contribution in [0.3, 0.4) is 0 Å². The Morgan fingerprint density at radius 1 is 1.27 bits per heavy atom. The number of carbonyl (C=O) groups is 1. The van der Waals surface area contributed by atoms with E-state index in [0.29, 0.717) is 23.8 Å². The molecular weight excluding hydrogens is 280 g/mol. The van der Waals surface area contributed by atoms with E-state index in [2.05, 4.69) is 20.4 Å². The molecule has 1 amide bonds. The summed E-state index contributed by atoms with van der Waals surface area (Å²) in [7, 11) is 0. The van der Waals surface area contributed by atoms with Crippen molar-refractivity contribution in [3.8, 4) is 11.4 Å². The van der Waals surface area contributed by atoms with Gasteiger partial charge >= 0.3 is 0 Å². The summed E-state index contributed by atoms with van der Waals surface area (Å²) in [6, 6.07) is 10.9. The van der Waals surface area contributed by atoms with Crippen molar-refractivity contribution in [3.05, 3.63) is 65.8 Å². The summed E-state index contributed by atoms with van der Waals surface area (Å²) in [6.45, 7) is 2.15. The Labute approximate surface area is 127 Å². The van der Waals surface area contributed by atoms with Gasteiger partial charge in [-0.1, -0.05) is 23.4 Å². The zero-order chi connectivity index (χ0) is 15.4. The second-order valence-corrected chi connectivity index (χ2v) is 4.76. The number of hydrogen-bond donors (Lipinski definition) is 1. The second-order valence-electron chi connectivity index (χ2n) is 4.76. The fourth-order valence-electron chi connectivity index (χ4n) is 2.00. The Morgan fingerprint density at radius 3 is 2.91 bits per heavy atom. The van der Waals surface area contributed by atoms with Gasteiger partial charge in [-0.2, -0.15) is 4.98 Å². The number of nitrogens with one attached hydrogen (secondary N) is 1. The molecule has 0 atom stereocenters. The summed E-state index contributed by atoms with van der Waals surface area (Å²) in [5, 5.41) is 6.71. The number of rotatable bonds is 4. The predicted molar refractivity (Wildman–Crippen MR) is 79.9 cm³/mol. The van der Waals surface area contributed by atoms with Gasteiger partial charge in [0.1, 0.15) is 0 Å². The van der Waals surface area contributed by atoms with Crippen LogP contribution < -0.4 is 5.32 Å². The molecule has 1 aromatic carbocycles. The lowest BCUT2D eigenvalue weighted by Gasteiger charge is -2.05. The smallest absolute Gasteiger partial charge is 0.251 e. The average molecular weight is 294 g/mol. The summed E-state index contributed by atoms with van der Waals surface area (Å²) in [5.74, 6) is 0.798. The zero-order valence-corrected chi connectivity index (χ0v) is 12.0. The average Bonchev–Trinajstić information content (AvgIpc) is 3.00. The number of pyridine rings is 1. The molecule has 0 radical (unpaired) electrons. The lowest BCUT2D eigenvalue weighted by molar-refractivity contribution is 0.0951. The third-order valence-corrected chi connectivity index (χ3v) is 3.09. The van der Waals surface area contributed by atoms with Crippen molar-refractivity contribution in [2.75, 3.05) is 0 Å². The van der Waals surface area contributed by atoms with Crippen molar-refractivity contribution in [3.63, 3.8) is 0 Å². The molecule has 6 nitrogen and oxygen atoms in total. The molecule has 0 unspecified atom stereocenters. The Morgan fingerprint density at radius 2 is 2.18 bits per heavy atom. The van der Waals surface area contributed by atoms with Gasteiger partial charge in [0, 0.05) is 37.0 Å². The van der Waals surface area contributed by atoms with Crippen molar-refractivity contribution in [1.82, 2.24) is 20.4 Å². The van der Waals surface area contributed by atoms with Gasteiger partial charge in [-0.3, -0.25) is 9.78 Å². The van der Waals surface area contributed by atoms with E-state index >= 15 is 0 Å². The van der Waals surface area contributed by atoms with Crippen LogP contribution in [0.15, 0.2) is 53.3 Å². The molecule has 0 saturated heterocycles. The van der Waals surface area contributed by atoms with E-state index in [1.165, 1.54) is 0 Å². The van der Waals surface area contributed by atoms with E-state index in [4.69, 9.17) is 4.52 Å². The number of amides is 1. The second kappa shape index (κ2) is 6.17. The van der Waals surface area contributed by atoms with Gasteiger partial charge in [-0.25, -0.2) is 0 Å². The van der Waals surface area contributed by atoms with E-state index in [0.717, 1.165) is 11.1 Å². The van der Waals surface area contributed by atoms with E-state index in [1.54, 1.807) is 37.5 Å². The fourth-order valence-corrected chi connectivity index (χ4v) is 2.00. The fraction of sp³-hybridized carbons (Fsp3) is 0.125. The minimum Gasteiger partial charge on any atom is -0.348 e. The molecule has 6 heteroatoms. The minimum absolute atomic E-state index is 0.161. The van der Waals surface area contributed by atoms with Crippen LogP contribution in [0.4, 0.5) is 0 Å². The number of aryl methyl sites for hydroxylation is 1. The van der Waals surface area contributed by atoms with Crippen LogP contribution in [0.2, 0.25) is 0 Å². The number of aromatic nitrogens is 3. The molecule has 2 aromatic heterocycles. The Kier molecular flexibility index (Phi) is 3.91. The highest BCUT2D eigenvalue weighted by Gasteiger charge is 2.10. The van der Waals surface area contributed by atoms with E-state index < -0.39 is 0 Å². The van der Waals surface area contributed by atoms with Gasteiger partial charge in [-0.05, 0) is 23.8 Å². The van der Waals surface area contributed by atoms with E-state index in [1.807, 2.05) is 18.2 Å². The molecule has 0 spiro atoms. The summed E-state index contributed by atoms with van der Waals surface area (Å²) in [5.41, 5.74) is 2.23. The van der Waals surface area contributed by atoms with Crippen molar-refractivity contribution in [2.24, 2.45) is 0 Å². The van der Waals surface area contributed by atoms with E-state index in [9.17, 15) is 4.79 Å². The summed E-state index contributed by atoms with van der Waals surface area (Å²) in [4.78, 5) is 20.4. The van der Waals surface area contributed by atoms with Gasteiger partial charge in [-0.15, -0.1) is 0 Å². The molecule has 0 bridgehead atoms. The first kappa shape index (κ1) is 13.9. The van der Waals surface area contributed by atoms with Gasteiger partial charge in [0.25, 0.3) is 5.91 Å². The molecule has 110 valence electrons. The van der Waals surface area contributed by atoms with Gasteiger partial charge in [0.15, 0.2) is 0 Å². The van der Waals surface area contributed by atoms with Gasteiger partial charge < -0.3 is 9.84 Å². The largest absolute Gasteiger partial charge is 0.348 e. The number of benzene rings is 1. The molecule has 2 heterocycles. The lowest BCUT2D eigenvalue weighted by Crippen LogP contribution is -2.22. The normalized spacial score (nSPS) is 10.4. The van der Waals surface area contributed by atoms with Crippen LogP contribution in [0.25, 0.3) is 11.4 Å². The van der Waals surface area contributed by atoms with Crippen molar-refractivity contribution in [1.29, 1.82) is 0 Å². The maximum Gasteiger partial charge on any atom is 0.251 e. The first-order valence-corrected chi connectivity index (χ1v) is 6.80. The summed E-state index contributed by atoms with van der Waals surface area (Å²) < 4.78 is 4.96. The minimum atomic E-state index is -0.161. The van der Waals surface area contributed by atoms with Crippen LogP contribution in [-0.2, 0) is 6.54 Å². The molecule has 0 saturated carbocycles. The Bertz CT molecular complexity index is 784. The monoisotopic (exact) mass is 294 g/mol. The van der Waals surface area contributed by atoms with Crippen molar-refractivity contribution < 1.29 is 9.32 Å². The van der Waals surface area contributed by atoms with Crippen LogP contribution in [0.1, 0.15) is 21.8 Å². The maximum absolute atomic E-state index is 12.2. The Balaban J connectivity index is 1.73. The van der Waals surface area contributed by atoms with Crippen LogP contribution >= 0.6 is 0 Å². The number of hydrogen-bond acceptors (Lipinski definition) is 5. The first-order chi connectivity index (χ1) is 10.7. The highest BCUT2D eigenvalue weighted by molar-refractivity contribution is 5.95. The third-order valence-electron chi connectivity index (χ3n) is 3.09. The number of nitrogens with zero attached hydrogens (tertiary/aromatic N) is 3. The molecular formula is C16H14N4O2.